The molecule has 0 saturated carbocycles. The van der Waals surface area contributed by atoms with E-state index >= 15 is 0 Å². The summed E-state index contributed by atoms with van der Waals surface area (Å²) in [5.74, 6) is 0.263. The monoisotopic (exact) mass is 332 g/mol. The molecule has 0 spiro atoms. The molecule has 0 N–H and O–H groups in total. The van der Waals surface area contributed by atoms with Crippen LogP contribution in [0.4, 0.5) is 0 Å². The third-order valence-electron chi connectivity index (χ3n) is 5.15. The number of aryl methyl sites for hydroxylation is 1. The molecule has 1 aromatic rings. The van der Waals surface area contributed by atoms with Crippen molar-refractivity contribution in [1.29, 1.82) is 0 Å². The fourth-order valence-corrected chi connectivity index (χ4v) is 3.85. The van der Waals surface area contributed by atoms with Crippen LogP contribution >= 0.6 is 0 Å². The fourth-order valence-electron chi connectivity index (χ4n) is 3.85. The van der Waals surface area contributed by atoms with Gasteiger partial charge in [0, 0.05) is 32.3 Å². The first-order valence-electron chi connectivity index (χ1n) is 9.19. The highest BCUT2D eigenvalue weighted by molar-refractivity contribution is 5.88. The summed E-state index contributed by atoms with van der Waals surface area (Å²) in [5, 5.41) is 4.39. The fraction of sp³-hybridized carbons (Fsp3) is 0.722. The molecule has 2 saturated heterocycles. The van der Waals surface area contributed by atoms with Crippen LogP contribution in [0.15, 0.2) is 12.4 Å². The van der Waals surface area contributed by atoms with Gasteiger partial charge in [-0.05, 0) is 44.6 Å². The Morgan fingerprint density at radius 3 is 2.79 bits per heavy atom. The van der Waals surface area contributed by atoms with Gasteiger partial charge >= 0.3 is 0 Å². The first kappa shape index (κ1) is 17.0. The Bertz CT molecular complexity index is 598. The van der Waals surface area contributed by atoms with E-state index in [9.17, 15) is 9.59 Å². The lowest BCUT2D eigenvalue weighted by Gasteiger charge is -2.37. The molecule has 6 heteroatoms. The standard InChI is InChI=1S/C18H28N4O2/c1-3-6-17(23)21-9-5-4-7-16(21)18(24)20-10-8-15(13-20)22-12-14(2)11-19-22/h11-12,15-16H,3-10,13H2,1-2H3. The number of piperidine rings is 1. The molecule has 0 aliphatic carbocycles. The third kappa shape index (κ3) is 3.47. The van der Waals surface area contributed by atoms with Crippen molar-refractivity contribution in [3.05, 3.63) is 18.0 Å². The second-order valence-electron chi connectivity index (χ2n) is 7.07. The Morgan fingerprint density at radius 2 is 2.08 bits per heavy atom. The maximum absolute atomic E-state index is 13.0. The van der Waals surface area contributed by atoms with Crippen molar-refractivity contribution in [1.82, 2.24) is 19.6 Å². The number of hydrogen-bond acceptors (Lipinski definition) is 3. The number of amides is 2. The maximum Gasteiger partial charge on any atom is 0.245 e. The van der Waals surface area contributed by atoms with Gasteiger partial charge in [0.15, 0.2) is 0 Å². The van der Waals surface area contributed by atoms with Gasteiger partial charge in [0.1, 0.15) is 6.04 Å². The molecule has 132 valence electrons. The van der Waals surface area contributed by atoms with Crippen molar-refractivity contribution in [3.8, 4) is 0 Å². The summed E-state index contributed by atoms with van der Waals surface area (Å²) < 4.78 is 1.98. The molecule has 1 aromatic heterocycles. The lowest BCUT2D eigenvalue weighted by molar-refractivity contribution is -0.147. The van der Waals surface area contributed by atoms with Gasteiger partial charge in [-0.15, -0.1) is 0 Å². The number of carbonyl (C=O) groups is 2. The Kier molecular flexibility index (Phi) is 5.21. The maximum atomic E-state index is 13.0. The molecular weight excluding hydrogens is 304 g/mol. The lowest BCUT2D eigenvalue weighted by atomic mass is 10.00. The van der Waals surface area contributed by atoms with Gasteiger partial charge in [0.2, 0.25) is 11.8 Å². The summed E-state index contributed by atoms with van der Waals surface area (Å²) in [4.78, 5) is 29.1. The van der Waals surface area contributed by atoms with Crippen LogP contribution in [0.5, 0.6) is 0 Å². The molecule has 3 rings (SSSR count). The van der Waals surface area contributed by atoms with Crippen molar-refractivity contribution in [2.24, 2.45) is 0 Å². The first-order valence-corrected chi connectivity index (χ1v) is 9.19. The summed E-state index contributed by atoms with van der Waals surface area (Å²) in [6.45, 7) is 6.22. The topological polar surface area (TPSA) is 58.4 Å². The van der Waals surface area contributed by atoms with E-state index < -0.39 is 0 Å². The molecule has 0 aromatic carbocycles. The number of aromatic nitrogens is 2. The predicted octanol–water partition coefficient (Wildman–Crippen LogP) is 2.15. The van der Waals surface area contributed by atoms with Gasteiger partial charge in [0.25, 0.3) is 0 Å². The molecule has 6 nitrogen and oxygen atoms in total. The van der Waals surface area contributed by atoms with Crippen molar-refractivity contribution < 1.29 is 9.59 Å². The SMILES string of the molecule is CCCC(=O)N1CCCCC1C(=O)N1CCC(n2cc(C)cn2)C1. The van der Waals surface area contributed by atoms with Crippen LogP contribution in [0.3, 0.4) is 0 Å². The molecule has 2 unspecified atom stereocenters. The van der Waals surface area contributed by atoms with E-state index in [1.165, 1.54) is 0 Å². The Hall–Kier alpha value is -1.85. The van der Waals surface area contributed by atoms with E-state index in [0.717, 1.165) is 50.8 Å². The Balaban J connectivity index is 1.65. The molecule has 2 amide bonds. The second-order valence-corrected chi connectivity index (χ2v) is 7.07. The summed E-state index contributed by atoms with van der Waals surface area (Å²) in [6, 6.07) is 0.00180. The summed E-state index contributed by atoms with van der Waals surface area (Å²) in [7, 11) is 0. The molecule has 2 aliphatic rings. The van der Waals surface area contributed by atoms with Crippen molar-refractivity contribution >= 4 is 11.8 Å². The molecule has 0 radical (unpaired) electrons. The second kappa shape index (κ2) is 7.36. The van der Waals surface area contributed by atoms with Crippen molar-refractivity contribution in [2.75, 3.05) is 19.6 Å². The predicted molar refractivity (Wildman–Crippen MR) is 91.5 cm³/mol. The minimum absolute atomic E-state index is 0.130. The number of rotatable bonds is 4. The molecule has 24 heavy (non-hydrogen) atoms. The van der Waals surface area contributed by atoms with E-state index in [1.807, 2.05) is 40.7 Å². The van der Waals surface area contributed by atoms with Crippen LogP contribution < -0.4 is 0 Å². The smallest absolute Gasteiger partial charge is 0.245 e. The number of likely N-dealkylation sites (tertiary alicyclic amines) is 2. The van der Waals surface area contributed by atoms with Gasteiger partial charge < -0.3 is 9.80 Å². The van der Waals surface area contributed by atoms with Crippen LogP contribution in [0.25, 0.3) is 0 Å². The Labute approximate surface area is 143 Å². The minimum Gasteiger partial charge on any atom is -0.339 e. The van der Waals surface area contributed by atoms with Gasteiger partial charge in [-0.25, -0.2) is 0 Å². The number of carbonyl (C=O) groups excluding carboxylic acids is 2. The first-order chi connectivity index (χ1) is 11.6. The van der Waals surface area contributed by atoms with E-state index in [1.54, 1.807) is 0 Å². The van der Waals surface area contributed by atoms with E-state index in [2.05, 4.69) is 5.10 Å². The summed E-state index contributed by atoms with van der Waals surface area (Å²) >= 11 is 0. The molecule has 2 atom stereocenters. The summed E-state index contributed by atoms with van der Waals surface area (Å²) in [5.41, 5.74) is 1.14. The quantitative estimate of drug-likeness (QED) is 0.849. The largest absolute Gasteiger partial charge is 0.339 e. The average molecular weight is 332 g/mol. The lowest BCUT2D eigenvalue weighted by Crippen LogP contribution is -2.52. The van der Waals surface area contributed by atoms with Crippen molar-refractivity contribution in [2.45, 2.75) is 64.5 Å². The highest BCUT2D eigenvalue weighted by atomic mass is 16.2. The zero-order valence-corrected chi connectivity index (χ0v) is 14.8. The molecular formula is C18H28N4O2. The van der Waals surface area contributed by atoms with Gasteiger partial charge in [-0.1, -0.05) is 6.92 Å². The Morgan fingerprint density at radius 1 is 1.25 bits per heavy atom. The molecule has 2 fully saturated rings. The minimum atomic E-state index is -0.254. The van der Waals surface area contributed by atoms with Gasteiger partial charge in [-0.3, -0.25) is 14.3 Å². The highest BCUT2D eigenvalue weighted by Crippen LogP contribution is 2.26. The van der Waals surface area contributed by atoms with Gasteiger partial charge in [-0.2, -0.15) is 5.10 Å². The van der Waals surface area contributed by atoms with E-state index in [0.29, 0.717) is 13.0 Å². The third-order valence-corrected chi connectivity index (χ3v) is 5.15. The summed E-state index contributed by atoms with van der Waals surface area (Å²) in [6.07, 6.45) is 9.04. The van der Waals surface area contributed by atoms with Crippen LogP contribution in [-0.4, -0.2) is 57.1 Å². The molecule has 2 aliphatic heterocycles. The number of nitrogens with zero attached hydrogens (tertiary/aromatic N) is 4. The molecule has 0 bridgehead atoms. The van der Waals surface area contributed by atoms with Gasteiger partial charge in [0.05, 0.1) is 12.2 Å². The molecule has 3 heterocycles. The number of hydrogen-bond donors (Lipinski definition) is 0. The van der Waals surface area contributed by atoms with E-state index in [-0.39, 0.29) is 23.9 Å². The van der Waals surface area contributed by atoms with Crippen LogP contribution in [-0.2, 0) is 9.59 Å². The highest BCUT2D eigenvalue weighted by Gasteiger charge is 2.37. The average Bonchev–Trinajstić information content (AvgIpc) is 3.23. The van der Waals surface area contributed by atoms with E-state index in [4.69, 9.17) is 0 Å². The zero-order chi connectivity index (χ0) is 17.1. The van der Waals surface area contributed by atoms with Crippen LogP contribution in [0.2, 0.25) is 0 Å². The van der Waals surface area contributed by atoms with Crippen LogP contribution in [0.1, 0.15) is 57.1 Å². The van der Waals surface area contributed by atoms with Crippen molar-refractivity contribution in [3.63, 3.8) is 0 Å². The zero-order valence-electron chi connectivity index (χ0n) is 14.8. The van der Waals surface area contributed by atoms with Crippen LogP contribution in [0, 0.1) is 6.92 Å². The normalized spacial score (nSPS) is 24.4.